The van der Waals surface area contributed by atoms with Crippen LogP contribution in [-0.2, 0) is 11.3 Å². The van der Waals surface area contributed by atoms with Gasteiger partial charge in [0.1, 0.15) is 5.65 Å². The Morgan fingerprint density at radius 3 is 2.96 bits per heavy atom. The van der Waals surface area contributed by atoms with Crippen molar-refractivity contribution in [2.45, 2.75) is 25.4 Å². The lowest BCUT2D eigenvalue weighted by atomic mass is 10.0. The highest BCUT2D eigenvalue weighted by Crippen LogP contribution is 2.34. The maximum Gasteiger partial charge on any atom is 0.250 e. The van der Waals surface area contributed by atoms with E-state index in [-0.39, 0.29) is 11.9 Å². The predicted molar refractivity (Wildman–Crippen MR) is 113 cm³/mol. The molecule has 1 atom stereocenters. The van der Waals surface area contributed by atoms with Crippen LogP contribution in [0.15, 0.2) is 61.4 Å². The van der Waals surface area contributed by atoms with Gasteiger partial charge in [0.25, 0.3) is 5.91 Å². The van der Waals surface area contributed by atoms with Crippen molar-refractivity contribution in [3.63, 3.8) is 0 Å². The summed E-state index contributed by atoms with van der Waals surface area (Å²) in [4.78, 5) is 24.5. The summed E-state index contributed by atoms with van der Waals surface area (Å²) in [5.41, 5.74) is 9.52. The molecule has 4 rings (SSSR count). The van der Waals surface area contributed by atoms with Crippen LogP contribution < -0.4 is 10.6 Å². The number of nitrogen functional groups attached to an aromatic ring is 1. The molecule has 6 heteroatoms. The van der Waals surface area contributed by atoms with Gasteiger partial charge in [-0.1, -0.05) is 36.9 Å². The topological polar surface area (TPSA) is 78.2 Å². The van der Waals surface area contributed by atoms with E-state index in [9.17, 15) is 4.79 Å². The zero-order chi connectivity index (χ0) is 19.5. The van der Waals surface area contributed by atoms with Gasteiger partial charge in [0.15, 0.2) is 0 Å². The lowest BCUT2D eigenvalue weighted by Gasteiger charge is -2.39. The minimum Gasteiger partial charge on any atom is -0.396 e. The number of piperidine rings is 1. The fourth-order valence-corrected chi connectivity index (χ4v) is 4.08. The SMILES string of the molecule is C=CC(=O)N(c1c(N)cnc2[nH]ccc12)[C@@H]1CCCN(Cc2ccccc2)C1. The van der Waals surface area contributed by atoms with Crippen LogP contribution in [0, 0.1) is 0 Å². The molecule has 144 valence electrons. The number of anilines is 2. The molecule has 28 heavy (non-hydrogen) atoms. The monoisotopic (exact) mass is 375 g/mol. The van der Waals surface area contributed by atoms with Gasteiger partial charge in [-0.3, -0.25) is 9.69 Å². The Kier molecular flexibility index (Phi) is 5.12. The van der Waals surface area contributed by atoms with E-state index in [1.165, 1.54) is 11.6 Å². The van der Waals surface area contributed by atoms with Gasteiger partial charge >= 0.3 is 0 Å². The van der Waals surface area contributed by atoms with E-state index in [1.54, 1.807) is 6.20 Å². The van der Waals surface area contributed by atoms with E-state index in [0.717, 1.165) is 49.2 Å². The van der Waals surface area contributed by atoms with Crippen LogP contribution in [-0.4, -0.2) is 39.9 Å². The Balaban J connectivity index is 1.66. The van der Waals surface area contributed by atoms with Gasteiger partial charge in [0.05, 0.1) is 23.6 Å². The van der Waals surface area contributed by atoms with Crippen LogP contribution in [0.5, 0.6) is 0 Å². The maximum absolute atomic E-state index is 12.9. The molecule has 0 aliphatic carbocycles. The van der Waals surface area contributed by atoms with Crippen molar-refractivity contribution < 1.29 is 4.79 Å². The summed E-state index contributed by atoms with van der Waals surface area (Å²) < 4.78 is 0. The zero-order valence-electron chi connectivity index (χ0n) is 15.8. The maximum atomic E-state index is 12.9. The zero-order valence-corrected chi connectivity index (χ0v) is 15.8. The van der Waals surface area contributed by atoms with Gasteiger partial charge in [-0.2, -0.15) is 0 Å². The van der Waals surface area contributed by atoms with Gasteiger partial charge in [-0.15, -0.1) is 0 Å². The van der Waals surface area contributed by atoms with Crippen molar-refractivity contribution in [2.24, 2.45) is 0 Å². The van der Waals surface area contributed by atoms with Crippen molar-refractivity contribution in [1.29, 1.82) is 0 Å². The number of pyridine rings is 1. The van der Waals surface area contributed by atoms with E-state index in [4.69, 9.17) is 5.73 Å². The highest BCUT2D eigenvalue weighted by molar-refractivity contribution is 6.10. The van der Waals surface area contributed by atoms with Crippen LogP contribution >= 0.6 is 0 Å². The number of H-pyrrole nitrogens is 1. The molecule has 0 radical (unpaired) electrons. The second-order valence-corrected chi connectivity index (χ2v) is 7.23. The Bertz CT molecular complexity index is 981. The Labute approximate surface area is 164 Å². The van der Waals surface area contributed by atoms with Crippen LogP contribution in [0.1, 0.15) is 18.4 Å². The smallest absolute Gasteiger partial charge is 0.250 e. The largest absolute Gasteiger partial charge is 0.396 e. The number of benzene rings is 1. The van der Waals surface area contributed by atoms with E-state index in [1.807, 2.05) is 23.2 Å². The van der Waals surface area contributed by atoms with Crippen molar-refractivity contribution in [3.8, 4) is 0 Å². The molecule has 2 aromatic heterocycles. The van der Waals surface area contributed by atoms with E-state index < -0.39 is 0 Å². The number of nitrogens with one attached hydrogen (secondary N) is 1. The average Bonchev–Trinajstić information content (AvgIpc) is 3.19. The van der Waals surface area contributed by atoms with Gasteiger partial charge in [0.2, 0.25) is 0 Å². The average molecular weight is 375 g/mol. The van der Waals surface area contributed by atoms with Gasteiger partial charge < -0.3 is 15.6 Å². The first-order valence-electron chi connectivity index (χ1n) is 9.61. The number of hydrogen-bond donors (Lipinski definition) is 2. The summed E-state index contributed by atoms with van der Waals surface area (Å²) in [7, 11) is 0. The number of nitrogens with two attached hydrogens (primary N) is 1. The summed E-state index contributed by atoms with van der Waals surface area (Å²) in [6.45, 7) is 6.41. The third-order valence-electron chi connectivity index (χ3n) is 5.33. The first kappa shape index (κ1) is 18.3. The minimum absolute atomic E-state index is 0.0331. The summed E-state index contributed by atoms with van der Waals surface area (Å²) >= 11 is 0. The molecular formula is C22H25N5O. The third-order valence-corrected chi connectivity index (χ3v) is 5.33. The molecule has 3 aromatic rings. The van der Waals surface area contributed by atoms with Gasteiger partial charge in [0, 0.05) is 24.7 Å². The number of fused-ring (bicyclic) bond motifs is 1. The molecule has 1 saturated heterocycles. The number of aromatic amines is 1. The molecule has 0 bridgehead atoms. The standard InChI is InChI=1S/C22H25N5O/c1-2-20(28)27(21-18-10-11-24-22(18)25-13-19(21)23)17-9-6-12-26(15-17)14-16-7-4-3-5-8-16/h2-5,7-8,10-11,13,17H,1,6,9,12,14-15,23H2,(H,24,25)/t17-/m1/s1. The predicted octanol–water partition coefficient (Wildman–Crippen LogP) is 3.33. The molecule has 1 aromatic carbocycles. The van der Waals surface area contributed by atoms with Crippen molar-refractivity contribution in [3.05, 3.63) is 67.0 Å². The quantitative estimate of drug-likeness (QED) is 0.671. The second-order valence-electron chi connectivity index (χ2n) is 7.23. The first-order chi connectivity index (χ1) is 13.7. The number of amides is 1. The molecule has 0 unspecified atom stereocenters. The number of likely N-dealkylation sites (tertiary alicyclic amines) is 1. The fraction of sp³-hybridized carbons (Fsp3) is 0.273. The second kappa shape index (κ2) is 7.86. The number of nitrogens with zero attached hydrogens (tertiary/aromatic N) is 3. The molecule has 0 saturated carbocycles. The highest BCUT2D eigenvalue weighted by Gasteiger charge is 2.31. The van der Waals surface area contributed by atoms with E-state index in [0.29, 0.717) is 5.69 Å². The molecule has 3 heterocycles. The first-order valence-corrected chi connectivity index (χ1v) is 9.61. The molecule has 1 aliphatic heterocycles. The molecule has 6 nitrogen and oxygen atoms in total. The third kappa shape index (κ3) is 3.51. The number of carbonyl (C=O) groups excluding carboxylic acids is 1. The summed E-state index contributed by atoms with van der Waals surface area (Å²) in [5, 5.41) is 0.857. The Morgan fingerprint density at radius 2 is 2.18 bits per heavy atom. The van der Waals surface area contributed by atoms with Gasteiger partial charge in [-0.25, -0.2) is 4.98 Å². The Morgan fingerprint density at radius 1 is 1.36 bits per heavy atom. The molecular weight excluding hydrogens is 350 g/mol. The number of carbonyl (C=O) groups is 1. The molecule has 3 N–H and O–H groups in total. The van der Waals surface area contributed by atoms with Crippen molar-refractivity contribution in [2.75, 3.05) is 23.7 Å². The highest BCUT2D eigenvalue weighted by atomic mass is 16.2. The van der Waals surface area contributed by atoms with E-state index in [2.05, 4.69) is 45.7 Å². The minimum atomic E-state index is -0.132. The molecule has 1 amide bonds. The molecule has 1 aliphatic rings. The van der Waals surface area contributed by atoms with Gasteiger partial charge in [-0.05, 0) is 37.1 Å². The molecule has 0 spiro atoms. The number of aromatic nitrogens is 2. The van der Waals surface area contributed by atoms with Crippen LogP contribution in [0.4, 0.5) is 11.4 Å². The van der Waals surface area contributed by atoms with Crippen LogP contribution in [0.2, 0.25) is 0 Å². The fourth-order valence-electron chi connectivity index (χ4n) is 4.08. The summed E-state index contributed by atoms with van der Waals surface area (Å²) in [6.07, 6.45) is 6.76. The van der Waals surface area contributed by atoms with E-state index >= 15 is 0 Å². The molecule has 1 fully saturated rings. The lowest BCUT2D eigenvalue weighted by Crippen LogP contribution is -2.50. The lowest BCUT2D eigenvalue weighted by molar-refractivity contribution is -0.114. The normalized spacial score (nSPS) is 17.5. The number of hydrogen-bond acceptors (Lipinski definition) is 4. The Hall–Kier alpha value is -3.12. The summed E-state index contributed by atoms with van der Waals surface area (Å²) in [6, 6.07) is 12.4. The van der Waals surface area contributed by atoms with Crippen LogP contribution in [0.25, 0.3) is 11.0 Å². The van der Waals surface area contributed by atoms with Crippen LogP contribution in [0.3, 0.4) is 0 Å². The number of rotatable bonds is 5. The van der Waals surface area contributed by atoms with Crippen molar-refractivity contribution >= 4 is 28.3 Å². The summed E-state index contributed by atoms with van der Waals surface area (Å²) in [5.74, 6) is -0.132. The van der Waals surface area contributed by atoms with Crippen molar-refractivity contribution in [1.82, 2.24) is 14.9 Å².